The van der Waals surface area contributed by atoms with Crippen LogP contribution in [0, 0.1) is 29.1 Å². The van der Waals surface area contributed by atoms with Crippen molar-refractivity contribution in [3.8, 4) is 12.3 Å². The SMILES string of the molecule is C#CC(=N)C(=C)CCCC(C)C(=O)C=Cc1cccc(C(=O)C(C)=N)c1. The van der Waals surface area contributed by atoms with Crippen molar-refractivity contribution in [2.45, 2.75) is 33.1 Å². The van der Waals surface area contributed by atoms with Crippen LogP contribution in [0.3, 0.4) is 0 Å². The van der Waals surface area contributed by atoms with Crippen molar-refractivity contribution in [1.29, 1.82) is 10.8 Å². The first-order chi connectivity index (χ1) is 12.3. The van der Waals surface area contributed by atoms with Gasteiger partial charge in [0.2, 0.25) is 5.78 Å². The van der Waals surface area contributed by atoms with Gasteiger partial charge in [0, 0.05) is 11.5 Å². The van der Waals surface area contributed by atoms with Crippen LogP contribution in [0.4, 0.5) is 0 Å². The number of nitrogens with one attached hydrogen (secondary N) is 2. The Kier molecular flexibility index (Phi) is 8.11. The Balaban J connectivity index is 2.61. The molecule has 0 radical (unpaired) electrons. The lowest BCUT2D eigenvalue weighted by atomic mass is 9.96. The summed E-state index contributed by atoms with van der Waals surface area (Å²) in [6.07, 6.45) is 10.4. The minimum Gasteiger partial charge on any atom is -0.302 e. The summed E-state index contributed by atoms with van der Waals surface area (Å²) >= 11 is 0. The molecule has 26 heavy (non-hydrogen) atoms. The predicted octanol–water partition coefficient (Wildman–Crippen LogP) is 4.51. The van der Waals surface area contributed by atoms with Crippen molar-refractivity contribution < 1.29 is 9.59 Å². The van der Waals surface area contributed by atoms with Crippen LogP contribution in [0.15, 0.2) is 42.5 Å². The van der Waals surface area contributed by atoms with Crippen molar-refractivity contribution in [3.63, 3.8) is 0 Å². The van der Waals surface area contributed by atoms with Crippen molar-refractivity contribution >= 4 is 29.1 Å². The number of Topliss-reactive ketones (excluding diaryl/α,β-unsaturated/α-hetero) is 1. The summed E-state index contributed by atoms with van der Waals surface area (Å²) in [4.78, 5) is 24.1. The van der Waals surface area contributed by atoms with Gasteiger partial charge in [-0.15, -0.1) is 6.42 Å². The molecule has 4 heteroatoms. The van der Waals surface area contributed by atoms with Crippen LogP contribution in [0.2, 0.25) is 0 Å². The minimum atomic E-state index is -0.322. The van der Waals surface area contributed by atoms with Crippen LogP contribution in [-0.2, 0) is 4.79 Å². The van der Waals surface area contributed by atoms with Gasteiger partial charge in [0.05, 0.1) is 5.71 Å². The smallest absolute Gasteiger partial charge is 0.206 e. The summed E-state index contributed by atoms with van der Waals surface area (Å²) in [7, 11) is 0. The Hall–Kier alpha value is -3.06. The molecule has 0 spiro atoms. The number of benzene rings is 1. The summed E-state index contributed by atoms with van der Waals surface area (Å²) in [6, 6.07) is 6.86. The minimum absolute atomic E-state index is 0.00241. The molecule has 0 fully saturated rings. The summed E-state index contributed by atoms with van der Waals surface area (Å²) in [6.45, 7) is 7.08. The average molecular weight is 348 g/mol. The zero-order chi connectivity index (χ0) is 19.7. The predicted molar refractivity (Wildman–Crippen MR) is 107 cm³/mol. The quantitative estimate of drug-likeness (QED) is 0.282. The number of carbonyl (C=O) groups excluding carboxylic acids is 2. The van der Waals surface area contributed by atoms with Crippen LogP contribution < -0.4 is 0 Å². The van der Waals surface area contributed by atoms with Gasteiger partial charge in [0.15, 0.2) is 5.78 Å². The lowest BCUT2D eigenvalue weighted by molar-refractivity contribution is -0.117. The molecule has 0 aliphatic rings. The molecule has 0 aromatic heterocycles. The molecule has 0 saturated heterocycles. The molecular weight excluding hydrogens is 324 g/mol. The van der Waals surface area contributed by atoms with E-state index in [0.29, 0.717) is 24.0 Å². The van der Waals surface area contributed by atoms with Crippen LogP contribution in [-0.4, -0.2) is 23.0 Å². The lowest BCUT2D eigenvalue weighted by Gasteiger charge is -2.08. The number of terminal acetylenes is 1. The second-order valence-electron chi connectivity index (χ2n) is 6.23. The lowest BCUT2D eigenvalue weighted by Crippen LogP contribution is -2.09. The standard InChI is InChI=1S/C22H24N2O2/c1-5-20(24)15(2)8-6-9-16(3)21(25)13-12-18-10-7-11-19(14-18)22(26)17(4)23/h1,7,10-14,16,23-24H,2,6,8-9H2,3-4H3. The highest BCUT2D eigenvalue weighted by molar-refractivity contribution is 6.44. The van der Waals surface area contributed by atoms with Crippen molar-refractivity contribution in [2.24, 2.45) is 5.92 Å². The van der Waals surface area contributed by atoms with Gasteiger partial charge in [-0.3, -0.25) is 15.0 Å². The van der Waals surface area contributed by atoms with Gasteiger partial charge >= 0.3 is 0 Å². The Morgan fingerprint density at radius 2 is 2.04 bits per heavy atom. The van der Waals surface area contributed by atoms with Gasteiger partial charge in [-0.1, -0.05) is 43.7 Å². The fourth-order valence-corrected chi connectivity index (χ4v) is 2.33. The number of ketones is 2. The third-order valence-electron chi connectivity index (χ3n) is 4.03. The van der Waals surface area contributed by atoms with Crippen LogP contribution >= 0.6 is 0 Å². The third kappa shape index (κ3) is 6.45. The molecule has 0 heterocycles. The number of carbonyl (C=O) groups is 2. The fraction of sp³-hybridized carbons (Fsp3) is 0.273. The molecule has 4 nitrogen and oxygen atoms in total. The van der Waals surface area contributed by atoms with E-state index in [0.717, 1.165) is 12.0 Å². The van der Waals surface area contributed by atoms with Crippen LogP contribution in [0.1, 0.15) is 49.0 Å². The first-order valence-electron chi connectivity index (χ1n) is 8.41. The fourth-order valence-electron chi connectivity index (χ4n) is 2.33. The second-order valence-corrected chi connectivity index (χ2v) is 6.23. The zero-order valence-corrected chi connectivity index (χ0v) is 15.3. The van der Waals surface area contributed by atoms with E-state index < -0.39 is 0 Å². The number of hydrogen-bond donors (Lipinski definition) is 2. The normalized spacial score (nSPS) is 11.6. The van der Waals surface area contributed by atoms with Gasteiger partial charge in [-0.05, 0) is 49.5 Å². The van der Waals surface area contributed by atoms with Crippen molar-refractivity contribution in [1.82, 2.24) is 0 Å². The summed E-state index contributed by atoms with van der Waals surface area (Å²) in [5.74, 6) is 1.79. The van der Waals surface area contributed by atoms with Gasteiger partial charge < -0.3 is 5.41 Å². The van der Waals surface area contributed by atoms with E-state index in [4.69, 9.17) is 17.2 Å². The second kappa shape index (κ2) is 10.0. The molecule has 134 valence electrons. The zero-order valence-electron chi connectivity index (χ0n) is 15.3. The molecule has 0 saturated carbocycles. The monoisotopic (exact) mass is 348 g/mol. The summed E-state index contributed by atoms with van der Waals surface area (Å²) < 4.78 is 0. The van der Waals surface area contributed by atoms with Gasteiger partial charge in [-0.25, -0.2) is 0 Å². The molecule has 1 unspecified atom stereocenters. The van der Waals surface area contributed by atoms with Crippen LogP contribution in [0.5, 0.6) is 0 Å². The van der Waals surface area contributed by atoms with E-state index in [-0.39, 0.29) is 28.9 Å². The number of allylic oxidation sites excluding steroid dienone is 2. The maximum Gasteiger partial charge on any atom is 0.206 e. The third-order valence-corrected chi connectivity index (χ3v) is 4.03. The molecule has 0 aliphatic heterocycles. The summed E-state index contributed by atoms with van der Waals surface area (Å²) in [5.41, 5.74) is 1.89. The van der Waals surface area contributed by atoms with E-state index >= 15 is 0 Å². The first-order valence-corrected chi connectivity index (χ1v) is 8.41. The maximum atomic E-state index is 12.2. The van der Waals surface area contributed by atoms with Gasteiger partial charge in [-0.2, -0.15) is 0 Å². The molecule has 0 bridgehead atoms. The summed E-state index contributed by atoms with van der Waals surface area (Å²) in [5, 5.41) is 14.9. The highest BCUT2D eigenvalue weighted by Crippen LogP contribution is 2.15. The molecule has 0 amide bonds. The van der Waals surface area contributed by atoms with E-state index in [1.807, 2.05) is 6.92 Å². The number of rotatable bonds is 10. The van der Waals surface area contributed by atoms with Gasteiger partial charge in [0.25, 0.3) is 0 Å². The van der Waals surface area contributed by atoms with Crippen molar-refractivity contribution in [2.75, 3.05) is 0 Å². The first kappa shape index (κ1) is 21.0. The van der Waals surface area contributed by atoms with E-state index in [2.05, 4.69) is 12.5 Å². The van der Waals surface area contributed by atoms with E-state index in [1.165, 1.54) is 13.0 Å². The van der Waals surface area contributed by atoms with Crippen molar-refractivity contribution in [3.05, 3.63) is 53.6 Å². The average Bonchev–Trinajstić information content (AvgIpc) is 2.64. The van der Waals surface area contributed by atoms with E-state index in [9.17, 15) is 9.59 Å². The molecular formula is C22H24N2O2. The Labute approximate surface area is 155 Å². The Morgan fingerprint density at radius 1 is 1.35 bits per heavy atom. The largest absolute Gasteiger partial charge is 0.302 e. The Morgan fingerprint density at radius 3 is 2.65 bits per heavy atom. The highest BCUT2D eigenvalue weighted by Gasteiger charge is 2.11. The molecule has 0 aliphatic carbocycles. The molecule has 1 aromatic carbocycles. The molecule has 2 N–H and O–H groups in total. The highest BCUT2D eigenvalue weighted by atomic mass is 16.1. The molecule has 1 atom stereocenters. The number of hydrogen-bond acceptors (Lipinski definition) is 4. The van der Waals surface area contributed by atoms with E-state index in [1.54, 1.807) is 30.3 Å². The Bertz CT molecular complexity index is 810. The molecule has 1 rings (SSSR count). The van der Waals surface area contributed by atoms with Crippen LogP contribution in [0.25, 0.3) is 6.08 Å². The maximum absolute atomic E-state index is 12.2. The van der Waals surface area contributed by atoms with Gasteiger partial charge in [0.1, 0.15) is 5.71 Å². The topological polar surface area (TPSA) is 81.8 Å². The molecule has 1 aromatic rings.